The molecular formula is C58H74InN15O10Zr. The monoisotopic (exact) mass is 1350 g/mol. The van der Waals surface area contributed by atoms with Crippen LogP contribution in [0.25, 0.3) is 21.5 Å². The number of hydrogen-bond acceptors (Lipinski definition) is 25. The van der Waals surface area contributed by atoms with Crippen molar-refractivity contribution in [1.29, 1.82) is 0 Å². The van der Waals surface area contributed by atoms with E-state index in [9.17, 15) is 49.5 Å². The van der Waals surface area contributed by atoms with Gasteiger partial charge >= 0.3 is 52.0 Å². The average Bonchev–Trinajstić information content (AvgIpc) is 4.38. The SMILES string of the molecule is O=C([O-])C1CCN2CCCN=C2N1.O=C([O-])C1CCN2CCCN=C2N1.O=C([O-])C1CCN2CCCN=C2N1.O=C([O-])C1CCN2CCCN=C2N1.O=C([O-])C1CCN2CCCN=C2N1.[In+3].[Zr+4].c1ccc2[cH-]ccc2c1.c1ccc2[cH-]ccc2c1. The molecule has 0 aromatic heterocycles. The van der Waals surface area contributed by atoms with Crippen LogP contribution >= 0.6 is 0 Å². The zero-order valence-corrected chi connectivity index (χ0v) is 53.5. The first-order valence-electron chi connectivity index (χ1n) is 28.8. The Kier molecular flexibility index (Phi) is 27.1. The van der Waals surface area contributed by atoms with Gasteiger partial charge in [-0.15, -0.1) is 59.3 Å². The summed E-state index contributed by atoms with van der Waals surface area (Å²) in [7, 11) is 0. The molecule has 0 bridgehead atoms. The number of fused-ring (bicyclic) bond motifs is 7. The molecule has 4 aromatic rings. The van der Waals surface area contributed by atoms with Crippen molar-refractivity contribution in [2.24, 2.45) is 25.0 Å². The molecule has 5 unspecified atom stereocenters. The summed E-state index contributed by atoms with van der Waals surface area (Å²) in [5, 5.41) is 72.6. The van der Waals surface area contributed by atoms with Crippen LogP contribution in [0.3, 0.4) is 0 Å². The smallest absolute Gasteiger partial charge is 0.548 e. The number of carboxylic acid groups (broad SMARTS) is 5. The predicted molar refractivity (Wildman–Crippen MR) is 310 cm³/mol. The molecule has 10 heterocycles. The number of nitrogens with zero attached hydrogens (tertiary/aromatic N) is 10. The Bertz CT molecular complexity index is 2560. The van der Waals surface area contributed by atoms with Crippen molar-refractivity contribution in [3.63, 3.8) is 0 Å². The molecule has 10 aliphatic rings. The number of aliphatic imine (C=N–C) groups is 5. The second-order valence-electron chi connectivity index (χ2n) is 21.1. The Labute approximate surface area is 532 Å². The number of carbonyl (C=O) groups is 5. The quantitative estimate of drug-likeness (QED) is 0.118. The van der Waals surface area contributed by atoms with Crippen molar-refractivity contribution in [2.75, 3.05) is 98.2 Å². The molecule has 27 heteroatoms. The van der Waals surface area contributed by atoms with Gasteiger partial charge in [0.15, 0.2) is 29.8 Å². The van der Waals surface area contributed by atoms with Crippen LogP contribution in [-0.4, -0.2) is 238 Å². The third kappa shape index (κ3) is 20.1. The second kappa shape index (κ2) is 34.3. The largest absolute Gasteiger partial charge is 4.00 e. The number of hydrogen-bond donors (Lipinski definition) is 5. The first-order chi connectivity index (χ1) is 40.3. The summed E-state index contributed by atoms with van der Waals surface area (Å²) < 4.78 is 0. The maximum Gasteiger partial charge on any atom is 4.00 e. The number of carboxylic acids is 5. The molecule has 5 atom stereocenters. The first kappa shape index (κ1) is 67.2. The van der Waals surface area contributed by atoms with Gasteiger partial charge in [0.25, 0.3) is 0 Å². The van der Waals surface area contributed by atoms with Crippen LogP contribution in [0.2, 0.25) is 0 Å². The van der Waals surface area contributed by atoms with Gasteiger partial charge in [0, 0.05) is 98.2 Å². The Morgan fingerprint density at radius 2 is 0.588 bits per heavy atom. The van der Waals surface area contributed by atoms with Gasteiger partial charge in [0.05, 0.1) is 60.1 Å². The van der Waals surface area contributed by atoms with Gasteiger partial charge in [0.2, 0.25) is 0 Å². The van der Waals surface area contributed by atoms with E-state index in [0.29, 0.717) is 32.1 Å². The number of nitrogens with one attached hydrogen (secondary N) is 5. The number of rotatable bonds is 5. The molecule has 14 rings (SSSR count). The zero-order chi connectivity index (χ0) is 58.5. The van der Waals surface area contributed by atoms with Crippen LogP contribution in [-0.2, 0) is 50.2 Å². The summed E-state index contributed by atoms with van der Waals surface area (Å²) in [5.74, 6) is -1.53. The van der Waals surface area contributed by atoms with E-state index in [2.05, 4.69) is 161 Å². The molecule has 5 N–H and O–H groups in total. The number of guanidine groups is 5. The Morgan fingerprint density at radius 1 is 0.365 bits per heavy atom. The summed E-state index contributed by atoms with van der Waals surface area (Å²) in [6, 6.07) is 26.5. The average molecular weight is 1350 g/mol. The molecule has 0 aliphatic carbocycles. The van der Waals surface area contributed by atoms with Crippen molar-refractivity contribution >= 4 is 107 Å². The zero-order valence-electron chi connectivity index (χ0n) is 47.8. The van der Waals surface area contributed by atoms with Crippen molar-refractivity contribution in [3.05, 3.63) is 84.9 Å². The van der Waals surface area contributed by atoms with E-state index in [-0.39, 0.29) is 52.0 Å². The summed E-state index contributed by atoms with van der Waals surface area (Å²) in [5.41, 5.74) is 0. The van der Waals surface area contributed by atoms with Gasteiger partial charge in [-0.05, 0) is 64.2 Å². The summed E-state index contributed by atoms with van der Waals surface area (Å²) in [6.07, 6.45) is 8.28. The Hall–Kier alpha value is -6.89. The van der Waals surface area contributed by atoms with E-state index >= 15 is 0 Å². The van der Waals surface area contributed by atoms with Gasteiger partial charge in [0.1, 0.15) is 0 Å². The van der Waals surface area contributed by atoms with Gasteiger partial charge in [-0.2, -0.15) is 35.0 Å². The minimum atomic E-state index is -1.03. The van der Waals surface area contributed by atoms with E-state index in [1.54, 1.807) is 0 Å². The minimum absolute atomic E-state index is 0. The molecule has 0 saturated carbocycles. The normalized spacial score (nSPS) is 23.0. The van der Waals surface area contributed by atoms with Crippen LogP contribution < -0.4 is 52.1 Å². The van der Waals surface area contributed by atoms with E-state index in [1.807, 2.05) is 0 Å². The molecule has 10 aliphatic heterocycles. The topological polar surface area (TPSA) is 339 Å². The van der Waals surface area contributed by atoms with Crippen molar-refractivity contribution in [2.45, 2.75) is 94.4 Å². The molecule has 5 fully saturated rings. The van der Waals surface area contributed by atoms with Crippen LogP contribution in [0.5, 0.6) is 0 Å². The van der Waals surface area contributed by atoms with Crippen molar-refractivity contribution in [1.82, 2.24) is 51.1 Å². The van der Waals surface area contributed by atoms with E-state index in [0.717, 1.165) is 160 Å². The fourth-order valence-electron chi connectivity index (χ4n) is 10.6. The minimum Gasteiger partial charge on any atom is -0.548 e. The molecule has 0 amide bonds. The molecule has 0 spiro atoms. The molecule has 25 nitrogen and oxygen atoms in total. The van der Waals surface area contributed by atoms with E-state index in [4.69, 9.17) is 0 Å². The van der Waals surface area contributed by atoms with E-state index < -0.39 is 60.1 Å². The predicted octanol–water partition coefficient (Wildman–Crippen LogP) is -4.47. The third-order valence-electron chi connectivity index (χ3n) is 15.2. The Balaban J connectivity index is 0.000000159. The number of benzene rings is 2. The standard InChI is InChI=1S/2C9H7.5C8H13N3O2.In.Zr/c2*1-2-5-9-7-3-6-8(9)4-1;5*12-7(13)6-2-5-11-4-1-3-9-8(11)10-6;;/h2*1-7H;5*6H,1-5H2,(H,9,10)(H,12,13);;/q2*-1;;;;;;+3;+4/p-5. The fourth-order valence-corrected chi connectivity index (χ4v) is 10.6. The van der Waals surface area contributed by atoms with Crippen LogP contribution in [0.1, 0.15) is 64.2 Å². The van der Waals surface area contributed by atoms with Gasteiger partial charge in [-0.1, -0.05) is 12.1 Å². The van der Waals surface area contributed by atoms with Crippen LogP contribution in [0.15, 0.2) is 110 Å². The number of carbonyl (C=O) groups excluding carboxylic acids is 5. The molecule has 4 aromatic carbocycles. The first-order valence-corrected chi connectivity index (χ1v) is 28.8. The van der Waals surface area contributed by atoms with Gasteiger partial charge < -0.3 is 101 Å². The summed E-state index contributed by atoms with van der Waals surface area (Å²) in [6.45, 7) is 12.7. The molecular weight excluding hydrogens is 1270 g/mol. The molecule has 85 heavy (non-hydrogen) atoms. The molecule has 0 radical (unpaired) electrons. The second-order valence-corrected chi connectivity index (χ2v) is 21.1. The summed E-state index contributed by atoms with van der Waals surface area (Å²) >= 11 is 0. The van der Waals surface area contributed by atoms with Crippen LogP contribution in [0.4, 0.5) is 0 Å². The third-order valence-corrected chi connectivity index (χ3v) is 15.2. The summed E-state index contributed by atoms with van der Waals surface area (Å²) in [4.78, 5) is 84.5. The fraction of sp³-hybridized carbons (Fsp3) is 0.517. The molecule has 5 saturated heterocycles. The van der Waals surface area contributed by atoms with Gasteiger partial charge in [-0.3, -0.25) is 25.0 Å². The maximum absolute atomic E-state index is 10.6. The molecule has 448 valence electrons. The van der Waals surface area contributed by atoms with Gasteiger partial charge in [-0.25, -0.2) is 0 Å². The van der Waals surface area contributed by atoms with Crippen molar-refractivity contribution in [3.8, 4) is 0 Å². The van der Waals surface area contributed by atoms with Crippen LogP contribution in [0, 0.1) is 0 Å². The van der Waals surface area contributed by atoms with Crippen molar-refractivity contribution < 1.29 is 75.7 Å². The Morgan fingerprint density at radius 3 is 0.800 bits per heavy atom. The number of aliphatic carboxylic acids is 5. The van der Waals surface area contributed by atoms with E-state index in [1.165, 1.54) is 21.5 Å². The maximum atomic E-state index is 10.6.